The summed E-state index contributed by atoms with van der Waals surface area (Å²) in [4.78, 5) is 25.2. The lowest BCUT2D eigenvalue weighted by atomic mass is 10.1. The van der Waals surface area contributed by atoms with Gasteiger partial charge in [0.1, 0.15) is 6.04 Å². The maximum Gasteiger partial charge on any atom is 0.320 e. The number of hydrogen-bond donors (Lipinski definition) is 2. The summed E-state index contributed by atoms with van der Waals surface area (Å²) in [6.45, 7) is 3.50. The number of carboxylic acids is 1. The number of nitrogens with zero attached hydrogens (tertiary/aromatic N) is 1. The summed E-state index contributed by atoms with van der Waals surface area (Å²) < 4.78 is 0. The van der Waals surface area contributed by atoms with Crippen molar-refractivity contribution in [2.24, 2.45) is 0 Å². The molecular formula is C16H20Cl2N2O3. The van der Waals surface area contributed by atoms with E-state index in [1.165, 1.54) is 0 Å². The van der Waals surface area contributed by atoms with Crippen LogP contribution in [0.5, 0.6) is 0 Å². The molecule has 0 aromatic heterocycles. The quantitative estimate of drug-likeness (QED) is 0.785. The maximum absolute atomic E-state index is 12.3. The number of hydrogen-bond acceptors (Lipinski definition) is 3. The molecule has 7 heteroatoms. The molecule has 2 atom stereocenters. The van der Waals surface area contributed by atoms with Crippen molar-refractivity contribution >= 4 is 35.1 Å². The standard InChI is InChI=1S/C16H20Cl2N2O3/c1-9(13-6-3-11(17)7-14(13)18)19-15(21)8-20(12-4-5-12)10(2)16(22)23/h3,6-7,9-10,12H,4-5,8H2,1-2H3,(H,19,21)(H,22,23). The van der Waals surface area contributed by atoms with E-state index in [1.54, 1.807) is 30.0 Å². The molecule has 1 aliphatic rings. The van der Waals surface area contributed by atoms with Gasteiger partial charge in [0.15, 0.2) is 0 Å². The second-order valence-electron chi connectivity index (χ2n) is 5.87. The molecule has 1 fully saturated rings. The van der Waals surface area contributed by atoms with E-state index >= 15 is 0 Å². The smallest absolute Gasteiger partial charge is 0.320 e. The van der Waals surface area contributed by atoms with Gasteiger partial charge in [-0.25, -0.2) is 0 Å². The molecule has 0 bridgehead atoms. The average Bonchev–Trinajstić information content (AvgIpc) is 3.28. The first-order chi connectivity index (χ1) is 10.8. The third-order valence-electron chi connectivity index (χ3n) is 4.00. The van der Waals surface area contributed by atoms with Crippen molar-refractivity contribution in [2.45, 2.75) is 44.8 Å². The van der Waals surface area contributed by atoms with Crippen molar-refractivity contribution in [1.29, 1.82) is 0 Å². The molecule has 2 N–H and O–H groups in total. The molecule has 0 spiro atoms. The van der Waals surface area contributed by atoms with Crippen LogP contribution in [0.25, 0.3) is 0 Å². The first kappa shape index (κ1) is 18.0. The zero-order chi connectivity index (χ0) is 17.1. The summed E-state index contributed by atoms with van der Waals surface area (Å²) in [7, 11) is 0. The third-order valence-corrected chi connectivity index (χ3v) is 4.57. The molecule has 2 unspecified atom stereocenters. The highest BCUT2D eigenvalue weighted by molar-refractivity contribution is 6.35. The lowest BCUT2D eigenvalue weighted by Gasteiger charge is -2.26. The predicted octanol–water partition coefficient (Wildman–Crippen LogP) is 3.11. The SMILES string of the molecule is CC(NC(=O)CN(C1CC1)C(C)C(=O)O)c1ccc(Cl)cc1Cl. The van der Waals surface area contributed by atoms with E-state index in [0.717, 1.165) is 18.4 Å². The summed E-state index contributed by atoms with van der Waals surface area (Å²) in [6.07, 6.45) is 1.87. The minimum absolute atomic E-state index is 0.0632. The number of aliphatic carboxylic acids is 1. The highest BCUT2D eigenvalue weighted by atomic mass is 35.5. The van der Waals surface area contributed by atoms with Gasteiger partial charge in [-0.3, -0.25) is 14.5 Å². The van der Waals surface area contributed by atoms with E-state index < -0.39 is 12.0 Å². The van der Waals surface area contributed by atoms with Crippen LogP contribution >= 0.6 is 23.2 Å². The van der Waals surface area contributed by atoms with Crippen molar-refractivity contribution in [2.75, 3.05) is 6.54 Å². The van der Waals surface area contributed by atoms with E-state index in [9.17, 15) is 9.59 Å². The Bertz CT molecular complexity index is 605. The van der Waals surface area contributed by atoms with E-state index in [4.69, 9.17) is 28.3 Å². The van der Waals surface area contributed by atoms with Gasteiger partial charge >= 0.3 is 5.97 Å². The highest BCUT2D eigenvalue weighted by Crippen LogP contribution is 2.29. The van der Waals surface area contributed by atoms with E-state index in [2.05, 4.69) is 5.32 Å². The van der Waals surface area contributed by atoms with Gasteiger partial charge in [-0.2, -0.15) is 0 Å². The summed E-state index contributed by atoms with van der Waals surface area (Å²) in [5.74, 6) is -1.14. The van der Waals surface area contributed by atoms with E-state index in [1.807, 2.05) is 6.92 Å². The molecule has 0 aliphatic heterocycles. The van der Waals surface area contributed by atoms with Crippen molar-refractivity contribution in [1.82, 2.24) is 10.2 Å². The van der Waals surface area contributed by atoms with Crippen LogP contribution in [0.3, 0.4) is 0 Å². The number of nitrogens with one attached hydrogen (secondary N) is 1. The molecular weight excluding hydrogens is 339 g/mol. The lowest BCUT2D eigenvalue weighted by Crippen LogP contribution is -2.46. The molecule has 1 aromatic rings. The van der Waals surface area contributed by atoms with Gasteiger partial charge in [0.2, 0.25) is 5.91 Å². The molecule has 2 rings (SSSR count). The molecule has 1 aliphatic carbocycles. The van der Waals surface area contributed by atoms with Crippen molar-refractivity contribution in [3.05, 3.63) is 33.8 Å². The number of benzene rings is 1. The van der Waals surface area contributed by atoms with Gasteiger partial charge in [0, 0.05) is 16.1 Å². The monoisotopic (exact) mass is 358 g/mol. The maximum atomic E-state index is 12.3. The van der Waals surface area contributed by atoms with Crippen molar-refractivity contribution in [3.8, 4) is 0 Å². The Labute approximate surface area is 145 Å². The fourth-order valence-electron chi connectivity index (χ4n) is 2.51. The Balaban J connectivity index is 1.98. The van der Waals surface area contributed by atoms with Gasteiger partial charge in [-0.05, 0) is 44.4 Å². The van der Waals surface area contributed by atoms with Gasteiger partial charge < -0.3 is 10.4 Å². The van der Waals surface area contributed by atoms with Crippen molar-refractivity contribution < 1.29 is 14.7 Å². The predicted molar refractivity (Wildman–Crippen MR) is 89.8 cm³/mol. The fraction of sp³-hybridized carbons (Fsp3) is 0.500. The van der Waals surface area contributed by atoms with Crippen LogP contribution in [0.15, 0.2) is 18.2 Å². The first-order valence-corrected chi connectivity index (χ1v) is 8.28. The number of rotatable bonds is 7. The average molecular weight is 359 g/mol. The van der Waals surface area contributed by atoms with E-state index in [-0.39, 0.29) is 24.5 Å². The van der Waals surface area contributed by atoms with Crippen molar-refractivity contribution in [3.63, 3.8) is 0 Å². The highest BCUT2D eigenvalue weighted by Gasteiger charge is 2.36. The normalized spacial score (nSPS) is 16.9. The molecule has 1 saturated carbocycles. The van der Waals surface area contributed by atoms with Gasteiger partial charge in [0.05, 0.1) is 12.6 Å². The largest absolute Gasteiger partial charge is 0.480 e. The van der Waals surface area contributed by atoms with Crippen LogP contribution < -0.4 is 5.32 Å². The molecule has 23 heavy (non-hydrogen) atoms. The summed E-state index contributed by atoms with van der Waals surface area (Å²) >= 11 is 12.0. The molecule has 1 amide bonds. The second kappa shape index (κ2) is 7.51. The zero-order valence-corrected chi connectivity index (χ0v) is 14.6. The number of carbonyl (C=O) groups is 2. The number of halogens is 2. The number of amides is 1. The Kier molecular flexibility index (Phi) is 5.89. The van der Waals surface area contributed by atoms with Crippen LogP contribution in [-0.2, 0) is 9.59 Å². The van der Waals surface area contributed by atoms with Gasteiger partial charge in [-0.15, -0.1) is 0 Å². The summed E-state index contributed by atoms with van der Waals surface area (Å²) in [5, 5.41) is 13.0. The number of carbonyl (C=O) groups excluding carboxylic acids is 1. The lowest BCUT2D eigenvalue weighted by molar-refractivity contribution is -0.143. The van der Waals surface area contributed by atoms with Crippen LogP contribution in [0.2, 0.25) is 10.0 Å². The van der Waals surface area contributed by atoms with Gasteiger partial charge in [0.25, 0.3) is 0 Å². The number of carboxylic acid groups (broad SMARTS) is 1. The molecule has 1 aromatic carbocycles. The molecule has 126 valence electrons. The molecule has 0 heterocycles. The van der Waals surface area contributed by atoms with E-state index in [0.29, 0.717) is 10.0 Å². The van der Waals surface area contributed by atoms with Gasteiger partial charge in [-0.1, -0.05) is 29.3 Å². The third kappa shape index (κ3) is 4.83. The van der Waals surface area contributed by atoms with Crippen LogP contribution in [0.1, 0.15) is 38.3 Å². The fourth-order valence-corrected chi connectivity index (χ4v) is 3.09. The Morgan fingerprint density at radius 1 is 1.35 bits per heavy atom. The Morgan fingerprint density at radius 2 is 2.00 bits per heavy atom. The first-order valence-electron chi connectivity index (χ1n) is 7.52. The minimum Gasteiger partial charge on any atom is -0.480 e. The zero-order valence-electron chi connectivity index (χ0n) is 13.1. The molecule has 0 radical (unpaired) electrons. The minimum atomic E-state index is -0.918. The summed E-state index contributed by atoms with van der Waals surface area (Å²) in [5.41, 5.74) is 0.772. The summed E-state index contributed by atoms with van der Waals surface area (Å²) in [6, 6.07) is 4.34. The van der Waals surface area contributed by atoms with Crippen LogP contribution in [0, 0.1) is 0 Å². The van der Waals surface area contributed by atoms with Crippen LogP contribution in [-0.4, -0.2) is 40.5 Å². The second-order valence-corrected chi connectivity index (χ2v) is 6.72. The Morgan fingerprint density at radius 3 is 2.52 bits per heavy atom. The topological polar surface area (TPSA) is 69.6 Å². The molecule has 5 nitrogen and oxygen atoms in total. The molecule has 0 saturated heterocycles. The Hall–Kier alpha value is -1.30. The van der Waals surface area contributed by atoms with Crippen LogP contribution in [0.4, 0.5) is 0 Å².